The highest BCUT2D eigenvalue weighted by molar-refractivity contribution is 5.66. The minimum Gasteiger partial charge on any atom is -0.481 e. The number of hydrogen-bond donors (Lipinski definition) is 3. The normalized spacial score (nSPS) is 10.0. The first-order valence-corrected chi connectivity index (χ1v) is 6.62. The SMILES string of the molecule is O=C(O)CCCNc1ccc(Nc2ccccc2)cc1. The third-order valence-electron chi connectivity index (χ3n) is 2.84. The number of carboxylic acids is 1. The van der Waals surface area contributed by atoms with E-state index in [4.69, 9.17) is 5.11 Å². The molecular weight excluding hydrogens is 252 g/mol. The second kappa shape index (κ2) is 7.19. The van der Waals surface area contributed by atoms with E-state index < -0.39 is 5.97 Å². The van der Waals surface area contributed by atoms with Crippen LogP contribution < -0.4 is 10.6 Å². The molecule has 4 nitrogen and oxygen atoms in total. The highest BCUT2D eigenvalue weighted by Crippen LogP contribution is 2.18. The molecular formula is C16H18N2O2. The molecule has 2 aromatic carbocycles. The summed E-state index contributed by atoms with van der Waals surface area (Å²) >= 11 is 0. The van der Waals surface area contributed by atoms with Crippen molar-refractivity contribution in [2.75, 3.05) is 17.2 Å². The van der Waals surface area contributed by atoms with E-state index in [1.165, 1.54) is 0 Å². The van der Waals surface area contributed by atoms with Crippen LogP contribution in [0.1, 0.15) is 12.8 Å². The van der Waals surface area contributed by atoms with E-state index in [1.54, 1.807) is 0 Å². The molecule has 0 heterocycles. The molecule has 0 saturated carbocycles. The number of carboxylic acid groups (broad SMARTS) is 1. The minimum atomic E-state index is -0.755. The van der Waals surface area contributed by atoms with Crippen LogP contribution in [0.15, 0.2) is 54.6 Å². The summed E-state index contributed by atoms with van der Waals surface area (Å²) in [6, 6.07) is 17.9. The third kappa shape index (κ3) is 4.65. The van der Waals surface area contributed by atoms with Crippen molar-refractivity contribution in [3.8, 4) is 0 Å². The quantitative estimate of drug-likeness (QED) is 0.671. The van der Waals surface area contributed by atoms with E-state index in [0.717, 1.165) is 17.1 Å². The van der Waals surface area contributed by atoms with Crippen LogP contribution >= 0.6 is 0 Å². The van der Waals surface area contributed by atoms with Crippen LogP contribution in [0.4, 0.5) is 17.1 Å². The summed E-state index contributed by atoms with van der Waals surface area (Å²) in [5, 5.41) is 15.1. The van der Waals surface area contributed by atoms with Gasteiger partial charge in [0.15, 0.2) is 0 Å². The number of rotatable bonds is 7. The number of hydrogen-bond acceptors (Lipinski definition) is 3. The molecule has 0 atom stereocenters. The number of aliphatic carboxylic acids is 1. The smallest absolute Gasteiger partial charge is 0.303 e. The molecule has 0 bridgehead atoms. The van der Waals surface area contributed by atoms with Gasteiger partial charge >= 0.3 is 5.97 Å². The average Bonchev–Trinajstić information content (AvgIpc) is 2.46. The number of benzene rings is 2. The number of carbonyl (C=O) groups is 1. The van der Waals surface area contributed by atoms with Crippen molar-refractivity contribution in [1.82, 2.24) is 0 Å². The molecule has 0 spiro atoms. The van der Waals surface area contributed by atoms with Crippen molar-refractivity contribution in [2.24, 2.45) is 0 Å². The average molecular weight is 270 g/mol. The molecule has 0 aromatic heterocycles. The third-order valence-corrected chi connectivity index (χ3v) is 2.84. The van der Waals surface area contributed by atoms with Crippen molar-refractivity contribution in [1.29, 1.82) is 0 Å². The van der Waals surface area contributed by atoms with Crippen LogP contribution in [0.5, 0.6) is 0 Å². The first-order chi connectivity index (χ1) is 9.74. The molecule has 0 aliphatic heterocycles. The topological polar surface area (TPSA) is 61.4 Å². The zero-order valence-electron chi connectivity index (χ0n) is 11.2. The summed E-state index contributed by atoms with van der Waals surface area (Å²) in [6.07, 6.45) is 0.819. The fourth-order valence-corrected chi connectivity index (χ4v) is 1.83. The predicted molar refractivity (Wildman–Crippen MR) is 81.5 cm³/mol. The van der Waals surface area contributed by atoms with Gasteiger partial charge in [-0.15, -0.1) is 0 Å². The highest BCUT2D eigenvalue weighted by Gasteiger charge is 1.97. The minimum absolute atomic E-state index is 0.195. The van der Waals surface area contributed by atoms with Crippen LogP contribution in [0, 0.1) is 0 Å². The predicted octanol–water partition coefficient (Wildman–Crippen LogP) is 3.71. The van der Waals surface area contributed by atoms with Crippen LogP contribution in [0.25, 0.3) is 0 Å². The maximum Gasteiger partial charge on any atom is 0.303 e. The lowest BCUT2D eigenvalue weighted by Crippen LogP contribution is -2.04. The highest BCUT2D eigenvalue weighted by atomic mass is 16.4. The molecule has 0 aliphatic rings. The zero-order valence-corrected chi connectivity index (χ0v) is 11.2. The number of para-hydroxylation sites is 1. The van der Waals surface area contributed by atoms with Crippen LogP contribution in [-0.2, 0) is 4.79 Å². The molecule has 2 rings (SSSR count). The Morgan fingerprint density at radius 3 is 2.15 bits per heavy atom. The lowest BCUT2D eigenvalue weighted by Gasteiger charge is -2.09. The van der Waals surface area contributed by atoms with Crippen LogP contribution in [0.3, 0.4) is 0 Å². The van der Waals surface area contributed by atoms with Gasteiger partial charge in [-0.1, -0.05) is 18.2 Å². The Morgan fingerprint density at radius 1 is 0.900 bits per heavy atom. The molecule has 0 saturated heterocycles. The van der Waals surface area contributed by atoms with E-state index in [9.17, 15) is 4.79 Å². The van der Waals surface area contributed by atoms with Crippen molar-refractivity contribution >= 4 is 23.0 Å². The van der Waals surface area contributed by atoms with Crippen LogP contribution in [-0.4, -0.2) is 17.6 Å². The Kier molecular flexibility index (Phi) is 5.00. The first kappa shape index (κ1) is 13.9. The Labute approximate surface area is 118 Å². The van der Waals surface area contributed by atoms with Crippen molar-refractivity contribution in [3.63, 3.8) is 0 Å². The molecule has 0 fully saturated rings. The standard InChI is InChI=1S/C16H18N2O2/c19-16(20)7-4-12-17-13-8-10-15(11-9-13)18-14-5-2-1-3-6-14/h1-3,5-6,8-11,17-18H,4,7,12H2,(H,19,20). The van der Waals surface area contributed by atoms with E-state index in [1.807, 2.05) is 54.6 Å². The van der Waals surface area contributed by atoms with Gasteiger partial charge < -0.3 is 15.7 Å². The van der Waals surface area contributed by atoms with Gasteiger partial charge in [-0.05, 0) is 42.8 Å². The summed E-state index contributed by atoms with van der Waals surface area (Å²) < 4.78 is 0. The Hall–Kier alpha value is -2.49. The van der Waals surface area contributed by atoms with E-state index in [0.29, 0.717) is 13.0 Å². The van der Waals surface area contributed by atoms with E-state index in [-0.39, 0.29) is 6.42 Å². The summed E-state index contributed by atoms with van der Waals surface area (Å²) in [4.78, 5) is 10.4. The summed E-state index contributed by atoms with van der Waals surface area (Å²) in [5.41, 5.74) is 3.07. The lowest BCUT2D eigenvalue weighted by atomic mass is 10.2. The summed E-state index contributed by atoms with van der Waals surface area (Å²) in [5.74, 6) is -0.755. The van der Waals surface area contributed by atoms with Crippen LogP contribution in [0.2, 0.25) is 0 Å². The summed E-state index contributed by atoms with van der Waals surface area (Å²) in [6.45, 7) is 0.664. The Balaban J connectivity index is 1.82. The fraction of sp³-hybridized carbons (Fsp3) is 0.188. The number of anilines is 3. The second-order valence-electron chi connectivity index (χ2n) is 4.49. The molecule has 0 aliphatic carbocycles. The van der Waals surface area contributed by atoms with Gasteiger partial charge in [0, 0.05) is 30.0 Å². The van der Waals surface area contributed by atoms with Crippen molar-refractivity contribution in [2.45, 2.75) is 12.8 Å². The van der Waals surface area contributed by atoms with Gasteiger partial charge in [-0.25, -0.2) is 0 Å². The lowest BCUT2D eigenvalue weighted by molar-refractivity contribution is -0.137. The maximum atomic E-state index is 10.4. The summed E-state index contributed by atoms with van der Waals surface area (Å²) in [7, 11) is 0. The molecule has 0 unspecified atom stereocenters. The van der Waals surface area contributed by atoms with Crippen molar-refractivity contribution in [3.05, 3.63) is 54.6 Å². The zero-order chi connectivity index (χ0) is 14.2. The fourth-order valence-electron chi connectivity index (χ4n) is 1.83. The van der Waals surface area contributed by atoms with Gasteiger partial charge in [-0.2, -0.15) is 0 Å². The van der Waals surface area contributed by atoms with E-state index in [2.05, 4.69) is 10.6 Å². The molecule has 0 radical (unpaired) electrons. The first-order valence-electron chi connectivity index (χ1n) is 6.62. The molecule has 3 N–H and O–H groups in total. The van der Waals surface area contributed by atoms with Crippen molar-refractivity contribution < 1.29 is 9.90 Å². The Morgan fingerprint density at radius 2 is 1.50 bits per heavy atom. The van der Waals surface area contributed by atoms with Gasteiger partial charge in [0.25, 0.3) is 0 Å². The molecule has 20 heavy (non-hydrogen) atoms. The second-order valence-corrected chi connectivity index (χ2v) is 4.49. The molecule has 104 valence electrons. The number of nitrogens with one attached hydrogen (secondary N) is 2. The molecule has 2 aromatic rings. The largest absolute Gasteiger partial charge is 0.481 e. The van der Waals surface area contributed by atoms with Gasteiger partial charge in [0.05, 0.1) is 0 Å². The Bertz CT molecular complexity index is 538. The van der Waals surface area contributed by atoms with E-state index >= 15 is 0 Å². The van der Waals surface area contributed by atoms with Gasteiger partial charge in [0.2, 0.25) is 0 Å². The maximum absolute atomic E-state index is 10.4. The van der Waals surface area contributed by atoms with Gasteiger partial charge in [-0.3, -0.25) is 4.79 Å². The molecule has 0 amide bonds. The van der Waals surface area contributed by atoms with Gasteiger partial charge in [0.1, 0.15) is 0 Å². The monoisotopic (exact) mass is 270 g/mol. The molecule has 4 heteroatoms.